The average molecular weight is 416 g/mol. The molecule has 1 N–H and O–H groups in total. The van der Waals surface area contributed by atoms with Gasteiger partial charge >= 0.3 is 0 Å². The molecule has 2 aromatic rings. The molecule has 7 heteroatoms. The van der Waals surface area contributed by atoms with E-state index in [4.69, 9.17) is 4.74 Å². The standard InChI is InChI=1S/C22H29N3O3S/c1-14(2)15(3)23-20(26)16-9-11-25(12-10-16)22(27)19-13-29-21(24-19)17-5-7-18(28-4)8-6-17/h5-8,13-16H,9-12H2,1-4H3,(H,23,26). The van der Waals surface area contributed by atoms with Crippen molar-refractivity contribution in [3.8, 4) is 16.3 Å². The molecule has 1 atom stereocenters. The van der Waals surface area contributed by atoms with E-state index in [2.05, 4.69) is 24.1 Å². The van der Waals surface area contributed by atoms with Gasteiger partial charge in [0.25, 0.3) is 5.91 Å². The molecule has 156 valence electrons. The minimum absolute atomic E-state index is 0.0226. The van der Waals surface area contributed by atoms with Crippen LogP contribution in [0.15, 0.2) is 29.6 Å². The van der Waals surface area contributed by atoms with Gasteiger partial charge in [0.1, 0.15) is 16.5 Å². The molecule has 1 aromatic carbocycles. The van der Waals surface area contributed by atoms with Crippen molar-refractivity contribution in [2.75, 3.05) is 20.2 Å². The minimum atomic E-state index is -0.0598. The van der Waals surface area contributed by atoms with E-state index in [1.165, 1.54) is 11.3 Å². The molecule has 29 heavy (non-hydrogen) atoms. The van der Waals surface area contributed by atoms with Crippen LogP contribution in [0.25, 0.3) is 10.6 Å². The number of nitrogens with zero attached hydrogens (tertiary/aromatic N) is 2. The van der Waals surface area contributed by atoms with Crippen molar-refractivity contribution >= 4 is 23.2 Å². The monoisotopic (exact) mass is 415 g/mol. The highest BCUT2D eigenvalue weighted by Gasteiger charge is 2.29. The quantitative estimate of drug-likeness (QED) is 0.778. The van der Waals surface area contributed by atoms with Gasteiger partial charge in [0.15, 0.2) is 0 Å². The van der Waals surface area contributed by atoms with Crippen molar-refractivity contribution in [2.24, 2.45) is 11.8 Å². The second-order valence-corrected chi connectivity index (χ2v) is 8.73. The molecule has 1 saturated heterocycles. The largest absolute Gasteiger partial charge is 0.497 e. The van der Waals surface area contributed by atoms with Gasteiger partial charge in [-0.2, -0.15) is 0 Å². The van der Waals surface area contributed by atoms with Crippen LogP contribution in [0, 0.1) is 11.8 Å². The van der Waals surface area contributed by atoms with Crippen molar-refractivity contribution in [3.05, 3.63) is 35.3 Å². The van der Waals surface area contributed by atoms with Crippen LogP contribution in [0.1, 0.15) is 44.1 Å². The lowest BCUT2D eigenvalue weighted by Gasteiger charge is -2.32. The topological polar surface area (TPSA) is 71.5 Å². The maximum atomic E-state index is 12.8. The smallest absolute Gasteiger partial charge is 0.273 e. The number of carbonyl (C=O) groups is 2. The summed E-state index contributed by atoms with van der Waals surface area (Å²) in [6, 6.07) is 7.80. The van der Waals surface area contributed by atoms with Gasteiger partial charge in [-0.3, -0.25) is 9.59 Å². The Morgan fingerprint density at radius 3 is 2.41 bits per heavy atom. The van der Waals surface area contributed by atoms with E-state index in [0.717, 1.165) is 16.3 Å². The number of thiazole rings is 1. The predicted molar refractivity (Wildman–Crippen MR) is 115 cm³/mol. The zero-order chi connectivity index (χ0) is 21.0. The lowest BCUT2D eigenvalue weighted by Crippen LogP contribution is -2.45. The molecule has 1 aliphatic rings. The number of carbonyl (C=O) groups excluding carboxylic acids is 2. The molecule has 2 heterocycles. The van der Waals surface area contributed by atoms with Crippen LogP contribution < -0.4 is 10.1 Å². The summed E-state index contributed by atoms with van der Waals surface area (Å²) in [4.78, 5) is 31.6. The molecular weight excluding hydrogens is 386 g/mol. The van der Waals surface area contributed by atoms with Crippen molar-refractivity contribution in [1.29, 1.82) is 0 Å². The van der Waals surface area contributed by atoms with Gasteiger partial charge in [-0.05, 0) is 49.9 Å². The number of amides is 2. The Kier molecular flexibility index (Phi) is 6.90. The van der Waals surface area contributed by atoms with Gasteiger partial charge in [-0.1, -0.05) is 13.8 Å². The van der Waals surface area contributed by atoms with Crippen LogP contribution in [0.5, 0.6) is 5.75 Å². The number of hydrogen-bond donors (Lipinski definition) is 1. The van der Waals surface area contributed by atoms with E-state index in [1.807, 2.05) is 41.5 Å². The van der Waals surface area contributed by atoms with Gasteiger partial charge in [0.05, 0.1) is 7.11 Å². The molecule has 1 unspecified atom stereocenters. The van der Waals surface area contributed by atoms with Crippen molar-refractivity contribution in [1.82, 2.24) is 15.2 Å². The van der Waals surface area contributed by atoms with Gasteiger partial charge in [0, 0.05) is 36.0 Å². The molecule has 0 bridgehead atoms. The summed E-state index contributed by atoms with van der Waals surface area (Å²) in [6.07, 6.45) is 1.38. The molecule has 1 aromatic heterocycles. The number of methoxy groups -OCH3 is 1. The number of aromatic nitrogens is 1. The molecular formula is C22H29N3O3S. The fraction of sp³-hybridized carbons (Fsp3) is 0.500. The summed E-state index contributed by atoms with van der Waals surface area (Å²) in [5.41, 5.74) is 1.43. The average Bonchev–Trinajstić information content (AvgIpc) is 3.23. The first-order valence-corrected chi connectivity index (χ1v) is 11.0. The number of rotatable bonds is 6. The van der Waals surface area contributed by atoms with E-state index < -0.39 is 0 Å². The van der Waals surface area contributed by atoms with Crippen LogP contribution >= 0.6 is 11.3 Å². The highest BCUT2D eigenvalue weighted by Crippen LogP contribution is 2.27. The third-order valence-electron chi connectivity index (χ3n) is 5.58. The molecule has 2 amide bonds. The number of hydrogen-bond acceptors (Lipinski definition) is 5. The second-order valence-electron chi connectivity index (χ2n) is 7.87. The first-order valence-electron chi connectivity index (χ1n) is 10.1. The molecule has 0 spiro atoms. The highest BCUT2D eigenvalue weighted by atomic mass is 32.1. The Labute approximate surface area is 176 Å². The zero-order valence-corrected chi connectivity index (χ0v) is 18.3. The maximum absolute atomic E-state index is 12.8. The minimum Gasteiger partial charge on any atom is -0.497 e. The third-order valence-corrected chi connectivity index (χ3v) is 6.47. The Hall–Kier alpha value is -2.41. The van der Waals surface area contributed by atoms with Gasteiger partial charge < -0.3 is 15.0 Å². The van der Waals surface area contributed by atoms with E-state index in [-0.39, 0.29) is 23.8 Å². The summed E-state index contributed by atoms with van der Waals surface area (Å²) in [7, 11) is 1.63. The van der Waals surface area contributed by atoms with Crippen LogP contribution in [0.4, 0.5) is 0 Å². The fourth-order valence-electron chi connectivity index (χ4n) is 3.25. The molecule has 0 aliphatic carbocycles. The van der Waals surface area contributed by atoms with E-state index >= 15 is 0 Å². The normalized spacial score (nSPS) is 16.0. The summed E-state index contributed by atoms with van der Waals surface area (Å²) in [6.45, 7) is 7.40. The first kappa shape index (κ1) is 21.3. The van der Waals surface area contributed by atoms with Gasteiger partial charge in [-0.15, -0.1) is 11.3 Å². The zero-order valence-electron chi connectivity index (χ0n) is 17.5. The van der Waals surface area contributed by atoms with E-state index in [1.54, 1.807) is 7.11 Å². The second kappa shape index (κ2) is 9.39. The van der Waals surface area contributed by atoms with E-state index in [0.29, 0.717) is 37.5 Å². The maximum Gasteiger partial charge on any atom is 0.273 e. The van der Waals surface area contributed by atoms with Crippen molar-refractivity contribution in [2.45, 2.75) is 39.7 Å². The lowest BCUT2D eigenvalue weighted by atomic mass is 9.94. The molecule has 3 rings (SSSR count). The molecule has 6 nitrogen and oxygen atoms in total. The van der Waals surface area contributed by atoms with Crippen LogP contribution in [0.2, 0.25) is 0 Å². The summed E-state index contributed by atoms with van der Waals surface area (Å²) in [5.74, 6) is 1.22. The fourth-order valence-corrected chi connectivity index (χ4v) is 4.05. The Balaban J connectivity index is 1.57. The molecule has 1 aliphatic heterocycles. The number of likely N-dealkylation sites (tertiary alicyclic amines) is 1. The lowest BCUT2D eigenvalue weighted by molar-refractivity contribution is -0.127. The number of benzene rings is 1. The Bertz CT molecular complexity index is 839. The number of ether oxygens (including phenoxy) is 1. The molecule has 0 saturated carbocycles. The van der Waals surface area contributed by atoms with Crippen LogP contribution in [0.3, 0.4) is 0 Å². The predicted octanol–water partition coefficient (Wildman–Crippen LogP) is 3.83. The van der Waals surface area contributed by atoms with Crippen LogP contribution in [-0.2, 0) is 4.79 Å². The molecule has 1 fully saturated rings. The molecule has 0 radical (unpaired) electrons. The van der Waals surface area contributed by atoms with Gasteiger partial charge in [0.2, 0.25) is 5.91 Å². The van der Waals surface area contributed by atoms with E-state index in [9.17, 15) is 9.59 Å². The highest BCUT2D eigenvalue weighted by molar-refractivity contribution is 7.13. The Morgan fingerprint density at radius 1 is 1.17 bits per heavy atom. The van der Waals surface area contributed by atoms with Crippen LogP contribution in [-0.4, -0.2) is 47.9 Å². The Morgan fingerprint density at radius 2 is 1.83 bits per heavy atom. The number of piperidine rings is 1. The van der Waals surface area contributed by atoms with Crippen molar-refractivity contribution in [3.63, 3.8) is 0 Å². The number of nitrogens with one attached hydrogen (secondary N) is 1. The summed E-state index contributed by atoms with van der Waals surface area (Å²) >= 11 is 1.46. The van der Waals surface area contributed by atoms with Crippen molar-refractivity contribution < 1.29 is 14.3 Å². The summed E-state index contributed by atoms with van der Waals surface area (Å²) in [5, 5.41) is 5.72. The third kappa shape index (κ3) is 5.15. The SMILES string of the molecule is COc1ccc(-c2nc(C(=O)N3CCC(C(=O)NC(C)C(C)C)CC3)cs2)cc1. The first-order chi connectivity index (χ1) is 13.9. The van der Waals surface area contributed by atoms with Gasteiger partial charge in [-0.25, -0.2) is 4.98 Å². The summed E-state index contributed by atoms with van der Waals surface area (Å²) < 4.78 is 5.18.